The zero-order chi connectivity index (χ0) is 14.3. The molecule has 0 saturated carbocycles. The summed E-state index contributed by atoms with van der Waals surface area (Å²) in [5, 5.41) is 101. The molecular weight excluding hydrogens is 301 g/mol. The molecule has 17 heteroatoms. The fraction of sp³-hybridized carbons (Fsp3) is 0. The summed E-state index contributed by atoms with van der Waals surface area (Å²) in [6.45, 7) is 0. The van der Waals surface area contributed by atoms with Crippen LogP contribution in [0.1, 0.15) is 0 Å². The minimum absolute atomic E-state index is 0. The van der Waals surface area contributed by atoms with E-state index in [0.717, 1.165) is 0 Å². The van der Waals surface area contributed by atoms with E-state index < -0.39 is 29.3 Å². The monoisotopic (exact) mass is 300 g/mol. The van der Waals surface area contributed by atoms with Crippen LogP contribution in [-0.4, -0.2) is 29.3 Å². The van der Waals surface area contributed by atoms with Crippen LogP contribution in [0.4, 0.5) is 0 Å². The van der Waals surface area contributed by atoms with Crippen LogP contribution in [-0.2, 0) is 19.5 Å². The molecule has 0 spiro atoms. The summed E-state index contributed by atoms with van der Waals surface area (Å²) in [6, 6.07) is 0. The SMILES string of the molecule is [O-]B([O-])[O-].[O-]B([O-])[O-].[O-]B([O-])[O-].[O-]B([O-])[O-].[Zn+2]. The quantitative estimate of drug-likeness (QED) is 0.376. The molecule has 0 saturated heterocycles. The van der Waals surface area contributed by atoms with Crippen molar-refractivity contribution < 1.29 is 79.8 Å². The Bertz CT molecular complexity index is 61.5. The summed E-state index contributed by atoms with van der Waals surface area (Å²) in [6.07, 6.45) is 0. The van der Waals surface area contributed by atoms with E-state index in [0.29, 0.717) is 0 Å². The molecule has 12 nitrogen and oxygen atoms in total. The number of hydrogen-bond acceptors (Lipinski definition) is 12. The first kappa shape index (κ1) is 30.4. The van der Waals surface area contributed by atoms with Crippen molar-refractivity contribution in [1.29, 1.82) is 0 Å². The second-order valence-corrected chi connectivity index (χ2v) is 1.15. The van der Waals surface area contributed by atoms with Crippen LogP contribution < -0.4 is 60.3 Å². The smallest absolute Gasteiger partial charge is 0.907 e. The molecule has 0 aliphatic carbocycles. The molecule has 0 aromatic carbocycles. The van der Waals surface area contributed by atoms with Crippen molar-refractivity contribution in [2.24, 2.45) is 0 Å². The van der Waals surface area contributed by atoms with Gasteiger partial charge < -0.3 is 60.3 Å². The van der Waals surface area contributed by atoms with Gasteiger partial charge in [0.05, 0.1) is 0 Å². The second kappa shape index (κ2) is 25.3. The number of rotatable bonds is 0. The van der Waals surface area contributed by atoms with Crippen LogP contribution >= 0.6 is 0 Å². The van der Waals surface area contributed by atoms with E-state index in [1.807, 2.05) is 0 Å². The van der Waals surface area contributed by atoms with Crippen molar-refractivity contribution in [3.63, 3.8) is 0 Å². The minimum Gasteiger partial charge on any atom is -0.907 e. The van der Waals surface area contributed by atoms with Crippen LogP contribution in [0.3, 0.4) is 0 Å². The predicted molar refractivity (Wildman–Crippen MR) is 23.0 cm³/mol. The molecule has 17 heavy (non-hydrogen) atoms. The summed E-state index contributed by atoms with van der Waals surface area (Å²) >= 11 is 0. The van der Waals surface area contributed by atoms with Gasteiger partial charge >= 0.3 is 19.5 Å². The van der Waals surface area contributed by atoms with Gasteiger partial charge in [-0.25, -0.2) is 0 Å². The van der Waals surface area contributed by atoms with Gasteiger partial charge in [0.2, 0.25) is 0 Å². The van der Waals surface area contributed by atoms with Gasteiger partial charge in [0.1, 0.15) is 0 Å². The van der Waals surface area contributed by atoms with E-state index in [1.54, 1.807) is 0 Å². The Morgan fingerprint density at radius 1 is 0.294 bits per heavy atom. The molecule has 0 aliphatic heterocycles. The fourth-order valence-corrected chi connectivity index (χ4v) is 0. The first-order chi connectivity index (χ1) is 6.93. The topological polar surface area (TPSA) is 277 Å². The van der Waals surface area contributed by atoms with Crippen molar-refractivity contribution >= 4 is 29.3 Å². The largest absolute Gasteiger partial charge is 2.00 e. The van der Waals surface area contributed by atoms with Gasteiger partial charge in [0.25, 0.3) is 0 Å². The molecule has 0 heterocycles. The van der Waals surface area contributed by atoms with Crippen LogP contribution in [0.15, 0.2) is 0 Å². The third kappa shape index (κ3) is 20900. The maximum Gasteiger partial charge on any atom is 2.00 e. The average Bonchev–Trinajstić information content (AvgIpc) is 1.76. The molecule has 0 rings (SSSR count). The Morgan fingerprint density at radius 3 is 0.294 bits per heavy atom. The van der Waals surface area contributed by atoms with E-state index in [4.69, 9.17) is 60.3 Å². The van der Waals surface area contributed by atoms with Gasteiger partial charge in [-0.1, -0.05) is 0 Å². The molecule has 0 radical (unpaired) electrons. The zero-order valence-electron chi connectivity index (χ0n) is 7.92. The van der Waals surface area contributed by atoms with Crippen LogP contribution in [0.25, 0.3) is 0 Å². The van der Waals surface area contributed by atoms with E-state index in [2.05, 4.69) is 0 Å². The van der Waals surface area contributed by atoms with Gasteiger partial charge in [-0.15, -0.1) is 0 Å². The van der Waals surface area contributed by atoms with Crippen LogP contribution in [0.2, 0.25) is 0 Å². The standard InChI is InChI=1S/4BO3.Zn/c4*2-1(3)4;/q4*-3;+2. The van der Waals surface area contributed by atoms with Crippen molar-refractivity contribution in [3.8, 4) is 0 Å². The molecular formula is B4O12Zn-10. The summed E-state index contributed by atoms with van der Waals surface area (Å²) in [4.78, 5) is 0. The Balaban J connectivity index is -0.0000000369. The normalized spacial score (nSPS) is 6.35. The van der Waals surface area contributed by atoms with E-state index in [-0.39, 0.29) is 19.5 Å². The fourth-order valence-electron chi connectivity index (χ4n) is 0. The molecule has 0 bridgehead atoms. The van der Waals surface area contributed by atoms with Gasteiger partial charge in [-0.05, 0) is 0 Å². The Morgan fingerprint density at radius 2 is 0.294 bits per heavy atom. The van der Waals surface area contributed by atoms with Crippen molar-refractivity contribution in [2.75, 3.05) is 0 Å². The van der Waals surface area contributed by atoms with Gasteiger partial charge in [0.15, 0.2) is 0 Å². The first-order valence-electron chi connectivity index (χ1n) is 2.83. The second-order valence-electron chi connectivity index (χ2n) is 1.15. The zero-order valence-corrected chi connectivity index (χ0v) is 10.9. The van der Waals surface area contributed by atoms with E-state index >= 15 is 0 Å². The summed E-state index contributed by atoms with van der Waals surface area (Å²) in [7, 11) is -11.7. The molecule has 96 valence electrons. The predicted octanol–water partition coefficient (Wildman–Crippen LogP) is -15.8. The van der Waals surface area contributed by atoms with Crippen molar-refractivity contribution in [3.05, 3.63) is 0 Å². The Hall–Kier alpha value is 0.403. The molecule has 0 fully saturated rings. The number of hydrogen-bond donors (Lipinski definition) is 0. The third-order valence-corrected chi connectivity index (χ3v) is 0. The Labute approximate surface area is 110 Å². The average molecular weight is 301 g/mol. The van der Waals surface area contributed by atoms with Crippen LogP contribution in [0.5, 0.6) is 0 Å². The van der Waals surface area contributed by atoms with Gasteiger partial charge in [-0.2, -0.15) is 0 Å². The molecule has 0 N–H and O–H groups in total. The summed E-state index contributed by atoms with van der Waals surface area (Å²) < 4.78 is 0. The maximum atomic E-state index is 8.42. The maximum absolute atomic E-state index is 8.42. The van der Waals surface area contributed by atoms with E-state index in [9.17, 15) is 0 Å². The third-order valence-electron chi connectivity index (χ3n) is 0. The van der Waals surface area contributed by atoms with Gasteiger partial charge in [-0.3, -0.25) is 29.3 Å². The van der Waals surface area contributed by atoms with Crippen LogP contribution in [0, 0.1) is 0 Å². The minimum atomic E-state index is -2.92. The molecule has 0 amide bonds. The summed E-state index contributed by atoms with van der Waals surface area (Å²) in [5.41, 5.74) is 0. The summed E-state index contributed by atoms with van der Waals surface area (Å²) in [5.74, 6) is 0. The molecule has 0 aromatic heterocycles. The molecule has 0 aromatic rings. The van der Waals surface area contributed by atoms with Crippen molar-refractivity contribution in [2.45, 2.75) is 0 Å². The van der Waals surface area contributed by atoms with Gasteiger partial charge in [0, 0.05) is 0 Å². The molecule has 0 atom stereocenters. The Kier molecular flexibility index (Phi) is 45.3. The molecule has 0 unspecified atom stereocenters. The first-order valence-corrected chi connectivity index (χ1v) is 2.83. The van der Waals surface area contributed by atoms with E-state index in [1.165, 1.54) is 0 Å². The van der Waals surface area contributed by atoms with Crippen molar-refractivity contribution in [1.82, 2.24) is 0 Å². The molecule has 0 aliphatic rings.